The molecule has 0 aliphatic carbocycles. The summed E-state index contributed by atoms with van der Waals surface area (Å²) in [6, 6.07) is 13.4. The summed E-state index contributed by atoms with van der Waals surface area (Å²) in [5.41, 5.74) is 5.46. The third-order valence-corrected chi connectivity index (χ3v) is 5.84. The van der Waals surface area contributed by atoms with E-state index in [1.165, 1.54) is 22.3 Å². The highest BCUT2D eigenvalue weighted by Gasteiger charge is 2.21. The molecule has 3 N–H and O–H groups in total. The predicted molar refractivity (Wildman–Crippen MR) is 100 cm³/mol. The fourth-order valence-corrected chi connectivity index (χ4v) is 4.48. The number of rotatable bonds is 3. The van der Waals surface area contributed by atoms with E-state index < -0.39 is 10.0 Å². The van der Waals surface area contributed by atoms with Crippen molar-refractivity contribution in [1.82, 2.24) is 4.57 Å². The summed E-state index contributed by atoms with van der Waals surface area (Å²) in [5, 5.41) is 10.1. The highest BCUT2D eigenvalue weighted by atomic mass is 32.2. The summed E-state index contributed by atoms with van der Waals surface area (Å²) in [6.07, 6.45) is 2.05. The van der Waals surface area contributed by atoms with E-state index in [0.29, 0.717) is 6.54 Å². The third-order valence-electron chi connectivity index (χ3n) is 4.83. The van der Waals surface area contributed by atoms with E-state index in [1.807, 2.05) is 12.1 Å². The van der Waals surface area contributed by atoms with Crippen LogP contribution >= 0.6 is 0 Å². The minimum Gasteiger partial charge on any atom is -0.383 e. The number of aryl methyl sites for hydroxylation is 1. The van der Waals surface area contributed by atoms with E-state index in [4.69, 9.17) is 5.14 Å². The Labute approximate surface area is 147 Å². The summed E-state index contributed by atoms with van der Waals surface area (Å²) >= 11 is 0. The SMILES string of the molecule is Cc1ccc2c(c1)c1c(n2Cc2ccccc2S(N)(=O)=O)CCCN1. The average molecular weight is 355 g/mol. The molecular formula is C19H21N3O2S. The number of anilines is 1. The zero-order valence-corrected chi connectivity index (χ0v) is 14.9. The highest BCUT2D eigenvalue weighted by Crippen LogP contribution is 2.35. The molecule has 1 aromatic heterocycles. The van der Waals surface area contributed by atoms with Crippen LogP contribution in [-0.2, 0) is 23.0 Å². The number of nitrogens with two attached hydrogens (primary N) is 1. The Morgan fingerprint density at radius 1 is 1.20 bits per heavy atom. The molecule has 4 rings (SSSR count). The van der Waals surface area contributed by atoms with E-state index in [-0.39, 0.29) is 4.90 Å². The van der Waals surface area contributed by atoms with Gasteiger partial charge in [-0.1, -0.05) is 29.8 Å². The number of benzene rings is 2. The largest absolute Gasteiger partial charge is 0.383 e. The summed E-state index contributed by atoms with van der Waals surface area (Å²) in [7, 11) is -3.75. The summed E-state index contributed by atoms with van der Waals surface area (Å²) in [5.74, 6) is 0. The van der Waals surface area contributed by atoms with Gasteiger partial charge in [0.2, 0.25) is 10.0 Å². The maximum Gasteiger partial charge on any atom is 0.238 e. The average Bonchev–Trinajstić information content (AvgIpc) is 2.88. The van der Waals surface area contributed by atoms with Crippen LogP contribution in [0.5, 0.6) is 0 Å². The van der Waals surface area contributed by atoms with Crippen LogP contribution in [-0.4, -0.2) is 19.5 Å². The molecule has 2 heterocycles. The Balaban J connectivity index is 1.92. The van der Waals surface area contributed by atoms with Crippen LogP contribution in [0.1, 0.15) is 23.2 Å². The van der Waals surface area contributed by atoms with Crippen molar-refractivity contribution < 1.29 is 8.42 Å². The topological polar surface area (TPSA) is 77.1 Å². The van der Waals surface area contributed by atoms with Gasteiger partial charge in [0.1, 0.15) is 0 Å². The Hall–Kier alpha value is -2.31. The highest BCUT2D eigenvalue weighted by molar-refractivity contribution is 7.89. The number of hydrogen-bond acceptors (Lipinski definition) is 3. The lowest BCUT2D eigenvalue weighted by molar-refractivity contribution is 0.595. The summed E-state index contributed by atoms with van der Waals surface area (Å²) < 4.78 is 26.1. The maximum atomic E-state index is 11.9. The second-order valence-electron chi connectivity index (χ2n) is 6.61. The minimum absolute atomic E-state index is 0.196. The summed E-state index contributed by atoms with van der Waals surface area (Å²) in [4.78, 5) is 0.196. The number of fused-ring (bicyclic) bond motifs is 3. The van der Waals surface area contributed by atoms with Crippen LogP contribution in [0.3, 0.4) is 0 Å². The lowest BCUT2D eigenvalue weighted by Crippen LogP contribution is -2.17. The smallest absolute Gasteiger partial charge is 0.238 e. The van der Waals surface area contributed by atoms with E-state index in [0.717, 1.165) is 30.5 Å². The van der Waals surface area contributed by atoms with E-state index in [1.54, 1.807) is 12.1 Å². The first-order valence-corrected chi connectivity index (χ1v) is 9.96. The number of aromatic nitrogens is 1. The molecule has 0 unspecified atom stereocenters. The normalized spacial score (nSPS) is 14.3. The number of nitrogens with zero attached hydrogens (tertiary/aromatic N) is 1. The molecule has 0 atom stereocenters. The molecule has 3 aromatic rings. The molecule has 2 aromatic carbocycles. The van der Waals surface area contributed by atoms with Gasteiger partial charge in [-0.2, -0.15) is 0 Å². The van der Waals surface area contributed by atoms with Gasteiger partial charge in [-0.05, 0) is 43.5 Å². The number of hydrogen-bond donors (Lipinski definition) is 2. The number of primary sulfonamides is 1. The predicted octanol–water partition coefficient (Wildman–Crippen LogP) is 3.00. The molecule has 1 aliphatic rings. The Kier molecular flexibility index (Phi) is 3.81. The van der Waals surface area contributed by atoms with E-state index >= 15 is 0 Å². The van der Waals surface area contributed by atoms with Crippen LogP contribution in [0, 0.1) is 6.92 Å². The van der Waals surface area contributed by atoms with Gasteiger partial charge < -0.3 is 9.88 Å². The Morgan fingerprint density at radius 3 is 2.80 bits per heavy atom. The number of sulfonamides is 1. The van der Waals surface area contributed by atoms with E-state index in [9.17, 15) is 8.42 Å². The maximum absolute atomic E-state index is 11.9. The lowest BCUT2D eigenvalue weighted by atomic mass is 10.1. The Morgan fingerprint density at radius 2 is 2.00 bits per heavy atom. The van der Waals surface area contributed by atoms with Crippen molar-refractivity contribution in [3.63, 3.8) is 0 Å². The molecule has 1 aliphatic heterocycles. The van der Waals surface area contributed by atoms with Crippen LogP contribution in [0.4, 0.5) is 5.69 Å². The zero-order valence-electron chi connectivity index (χ0n) is 14.1. The van der Waals surface area contributed by atoms with Gasteiger partial charge in [-0.3, -0.25) is 0 Å². The van der Waals surface area contributed by atoms with Gasteiger partial charge >= 0.3 is 0 Å². The van der Waals surface area contributed by atoms with Crippen LogP contribution < -0.4 is 10.5 Å². The molecule has 130 valence electrons. The first kappa shape index (κ1) is 16.2. The van der Waals surface area contributed by atoms with E-state index in [2.05, 4.69) is 35.0 Å². The molecule has 0 bridgehead atoms. The molecule has 0 fully saturated rings. The number of nitrogens with one attached hydrogen (secondary N) is 1. The molecule has 0 saturated carbocycles. The molecule has 25 heavy (non-hydrogen) atoms. The molecule has 5 nitrogen and oxygen atoms in total. The van der Waals surface area contributed by atoms with Gasteiger partial charge in [0.05, 0.1) is 16.1 Å². The molecule has 0 saturated heterocycles. The molecular weight excluding hydrogens is 334 g/mol. The second kappa shape index (κ2) is 5.89. The van der Waals surface area contributed by atoms with Crippen LogP contribution in [0.25, 0.3) is 10.9 Å². The van der Waals surface area contributed by atoms with Crippen molar-refractivity contribution in [2.24, 2.45) is 5.14 Å². The lowest BCUT2D eigenvalue weighted by Gasteiger charge is -2.18. The van der Waals surface area contributed by atoms with Gasteiger partial charge in [-0.25, -0.2) is 13.6 Å². The monoisotopic (exact) mass is 355 g/mol. The third kappa shape index (κ3) is 2.81. The van der Waals surface area contributed by atoms with Crippen molar-refractivity contribution in [2.45, 2.75) is 31.2 Å². The van der Waals surface area contributed by atoms with Crippen molar-refractivity contribution in [2.75, 3.05) is 11.9 Å². The zero-order chi connectivity index (χ0) is 17.6. The van der Waals surface area contributed by atoms with Gasteiger partial charge in [0.25, 0.3) is 0 Å². The van der Waals surface area contributed by atoms with Crippen LogP contribution in [0.2, 0.25) is 0 Å². The second-order valence-corrected chi connectivity index (χ2v) is 8.14. The van der Waals surface area contributed by atoms with Gasteiger partial charge in [0.15, 0.2) is 0 Å². The summed E-state index contributed by atoms with van der Waals surface area (Å²) in [6.45, 7) is 3.54. The first-order valence-electron chi connectivity index (χ1n) is 8.41. The molecule has 6 heteroatoms. The minimum atomic E-state index is -3.75. The van der Waals surface area contributed by atoms with Crippen molar-refractivity contribution >= 4 is 26.6 Å². The van der Waals surface area contributed by atoms with Crippen molar-refractivity contribution in [3.05, 3.63) is 59.3 Å². The van der Waals surface area contributed by atoms with Gasteiger partial charge in [-0.15, -0.1) is 0 Å². The van der Waals surface area contributed by atoms with Crippen LogP contribution in [0.15, 0.2) is 47.4 Å². The van der Waals surface area contributed by atoms with Crippen molar-refractivity contribution in [3.8, 4) is 0 Å². The fraction of sp³-hybridized carbons (Fsp3) is 0.263. The molecule has 0 radical (unpaired) electrons. The quantitative estimate of drug-likeness (QED) is 0.758. The van der Waals surface area contributed by atoms with Gasteiger partial charge in [0, 0.05) is 24.2 Å². The fourth-order valence-electron chi connectivity index (χ4n) is 3.71. The standard InChI is InChI=1S/C19H21N3O2S/c1-13-8-9-16-15(11-13)19-17(6-4-10-21-19)22(16)12-14-5-2-3-7-18(14)25(20,23)24/h2-3,5,7-9,11,21H,4,6,10,12H2,1H3,(H2,20,23,24). The molecule has 0 amide bonds. The Bertz CT molecular complexity index is 1070. The molecule has 0 spiro atoms. The van der Waals surface area contributed by atoms with Crippen molar-refractivity contribution in [1.29, 1.82) is 0 Å². The first-order chi connectivity index (χ1) is 11.9.